The molecule has 0 bridgehead atoms. The Morgan fingerprint density at radius 1 is 1.36 bits per heavy atom. The van der Waals surface area contributed by atoms with Gasteiger partial charge in [0, 0.05) is 0 Å². The third kappa shape index (κ3) is 3.94. The van der Waals surface area contributed by atoms with Crippen LogP contribution < -0.4 is 5.73 Å². The van der Waals surface area contributed by atoms with E-state index in [0.717, 1.165) is 0 Å². The minimum atomic E-state index is -1.20. The Labute approximate surface area is 71.3 Å². The summed E-state index contributed by atoms with van der Waals surface area (Å²) in [6.07, 6.45) is -0.120. The SMILES string of the molecule is N[C@@H](C[C@@H](Br)C(=O)O)C(=O)O. The Balaban J connectivity index is 3.84. The molecule has 0 rings (SSSR count). The minimum Gasteiger partial charge on any atom is -0.480 e. The average Bonchev–Trinajstić information content (AvgIpc) is 1.87. The molecule has 0 radical (unpaired) electrons. The van der Waals surface area contributed by atoms with Crippen molar-refractivity contribution >= 4 is 27.9 Å². The molecule has 0 fully saturated rings. The summed E-state index contributed by atoms with van der Waals surface area (Å²) < 4.78 is 0. The molecule has 0 unspecified atom stereocenters. The van der Waals surface area contributed by atoms with E-state index in [0.29, 0.717) is 0 Å². The lowest BCUT2D eigenvalue weighted by Gasteiger charge is -2.07. The van der Waals surface area contributed by atoms with Crippen LogP contribution in [0.4, 0.5) is 0 Å². The second kappa shape index (κ2) is 4.30. The van der Waals surface area contributed by atoms with Crippen molar-refractivity contribution in [3.8, 4) is 0 Å². The number of carbonyl (C=O) groups is 2. The van der Waals surface area contributed by atoms with Crippen LogP contribution in [0.3, 0.4) is 0 Å². The Morgan fingerprint density at radius 3 is 2.09 bits per heavy atom. The van der Waals surface area contributed by atoms with Crippen LogP contribution in [0.15, 0.2) is 0 Å². The van der Waals surface area contributed by atoms with Crippen LogP contribution in [0.1, 0.15) is 6.42 Å². The zero-order valence-corrected chi connectivity index (χ0v) is 7.11. The van der Waals surface area contributed by atoms with Gasteiger partial charge in [-0.2, -0.15) is 0 Å². The number of hydrogen-bond donors (Lipinski definition) is 3. The van der Waals surface area contributed by atoms with Gasteiger partial charge in [-0.3, -0.25) is 9.59 Å². The van der Waals surface area contributed by atoms with Crippen molar-refractivity contribution in [3.05, 3.63) is 0 Å². The molecule has 5 nitrogen and oxygen atoms in total. The van der Waals surface area contributed by atoms with E-state index < -0.39 is 22.8 Å². The molecule has 0 saturated carbocycles. The molecule has 0 aromatic heterocycles. The maximum atomic E-state index is 10.2. The van der Waals surface area contributed by atoms with Gasteiger partial charge >= 0.3 is 11.9 Å². The summed E-state index contributed by atoms with van der Waals surface area (Å²) in [7, 11) is 0. The molecule has 0 aliphatic heterocycles. The van der Waals surface area contributed by atoms with Crippen molar-refractivity contribution in [2.75, 3.05) is 0 Å². The first-order valence-electron chi connectivity index (χ1n) is 2.80. The van der Waals surface area contributed by atoms with Crippen LogP contribution in [0, 0.1) is 0 Å². The third-order valence-electron chi connectivity index (χ3n) is 1.05. The Morgan fingerprint density at radius 2 is 1.82 bits per heavy atom. The van der Waals surface area contributed by atoms with E-state index in [4.69, 9.17) is 15.9 Å². The van der Waals surface area contributed by atoms with Crippen molar-refractivity contribution in [1.29, 1.82) is 0 Å². The number of hydrogen-bond acceptors (Lipinski definition) is 3. The van der Waals surface area contributed by atoms with Gasteiger partial charge in [0.25, 0.3) is 0 Å². The fourth-order valence-corrected chi connectivity index (χ4v) is 0.827. The fraction of sp³-hybridized carbons (Fsp3) is 0.600. The molecule has 0 spiro atoms. The normalized spacial score (nSPS) is 15.5. The summed E-state index contributed by atoms with van der Waals surface area (Å²) in [5.41, 5.74) is 5.06. The standard InChI is InChI=1S/C5H8BrNO4/c6-2(4(8)9)1-3(7)5(10)11/h2-3H,1,7H2,(H,8,9)(H,10,11)/t2-,3+/m1/s1. The molecule has 2 atom stereocenters. The first kappa shape index (κ1) is 10.4. The second-order valence-corrected chi connectivity index (χ2v) is 3.09. The van der Waals surface area contributed by atoms with Crippen molar-refractivity contribution in [2.24, 2.45) is 5.73 Å². The molecule has 11 heavy (non-hydrogen) atoms. The molecular formula is C5H8BrNO4. The van der Waals surface area contributed by atoms with E-state index >= 15 is 0 Å². The predicted molar refractivity (Wildman–Crippen MR) is 40.6 cm³/mol. The minimum absolute atomic E-state index is 0.120. The fourth-order valence-electron chi connectivity index (χ4n) is 0.425. The number of nitrogens with two attached hydrogens (primary N) is 1. The topological polar surface area (TPSA) is 101 Å². The lowest BCUT2D eigenvalue weighted by Crippen LogP contribution is -2.34. The number of carboxylic acid groups (broad SMARTS) is 2. The zero-order chi connectivity index (χ0) is 9.02. The first-order chi connectivity index (χ1) is 4.95. The Hall–Kier alpha value is -0.620. The third-order valence-corrected chi connectivity index (χ3v) is 1.81. The van der Waals surface area contributed by atoms with Crippen molar-refractivity contribution in [3.63, 3.8) is 0 Å². The second-order valence-electron chi connectivity index (χ2n) is 1.99. The maximum absolute atomic E-state index is 10.2. The number of aliphatic carboxylic acids is 2. The molecule has 0 aromatic carbocycles. The maximum Gasteiger partial charge on any atom is 0.320 e. The molecule has 0 aromatic rings. The van der Waals surface area contributed by atoms with E-state index in [2.05, 4.69) is 15.9 Å². The molecule has 0 aliphatic rings. The van der Waals surface area contributed by atoms with Gasteiger partial charge in [0.1, 0.15) is 10.9 Å². The lowest BCUT2D eigenvalue weighted by molar-refractivity contribution is -0.139. The zero-order valence-electron chi connectivity index (χ0n) is 5.53. The first-order valence-corrected chi connectivity index (χ1v) is 3.72. The van der Waals surface area contributed by atoms with E-state index in [1.165, 1.54) is 0 Å². The van der Waals surface area contributed by atoms with Crippen molar-refractivity contribution < 1.29 is 19.8 Å². The van der Waals surface area contributed by atoms with Crippen LogP contribution in [0.5, 0.6) is 0 Å². The van der Waals surface area contributed by atoms with Gasteiger partial charge in [-0.05, 0) is 6.42 Å². The lowest BCUT2D eigenvalue weighted by atomic mass is 10.2. The van der Waals surface area contributed by atoms with E-state index in [1.54, 1.807) is 0 Å². The Kier molecular flexibility index (Phi) is 4.06. The largest absolute Gasteiger partial charge is 0.480 e. The van der Waals surface area contributed by atoms with Crippen molar-refractivity contribution in [1.82, 2.24) is 0 Å². The molecule has 64 valence electrons. The predicted octanol–water partition coefficient (Wildman–Crippen LogP) is -0.364. The average molecular weight is 226 g/mol. The number of carboxylic acids is 2. The summed E-state index contributed by atoms with van der Waals surface area (Å²) in [6.45, 7) is 0. The Bertz CT molecular complexity index is 154. The summed E-state index contributed by atoms with van der Waals surface area (Å²) >= 11 is 2.77. The van der Waals surface area contributed by atoms with Gasteiger partial charge in [-0.15, -0.1) is 0 Å². The highest BCUT2D eigenvalue weighted by molar-refractivity contribution is 9.10. The van der Waals surface area contributed by atoms with Crippen LogP contribution in [-0.4, -0.2) is 33.0 Å². The molecule has 0 saturated heterocycles. The monoisotopic (exact) mass is 225 g/mol. The van der Waals surface area contributed by atoms with Crippen LogP contribution in [-0.2, 0) is 9.59 Å². The highest BCUT2D eigenvalue weighted by Gasteiger charge is 2.21. The van der Waals surface area contributed by atoms with Crippen LogP contribution in [0.2, 0.25) is 0 Å². The number of halogens is 1. The molecule has 4 N–H and O–H groups in total. The van der Waals surface area contributed by atoms with Gasteiger partial charge in [-0.25, -0.2) is 0 Å². The summed E-state index contributed by atoms with van der Waals surface area (Å²) in [5, 5.41) is 16.6. The van der Waals surface area contributed by atoms with E-state index in [9.17, 15) is 9.59 Å². The highest BCUT2D eigenvalue weighted by atomic mass is 79.9. The highest BCUT2D eigenvalue weighted by Crippen LogP contribution is 2.07. The number of rotatable bonds is 4. The summed E-state index contributed by atoms with van der Waals surface area (Å²) in [6, 6.07) is -1.13. The molecule has 0 aliphatic carbocycles. The smallest absolute Gasteiger partial charge is 0.320 e. The van der Waals surface area contributed by atoms with E-state index in [1.807, 2.05) is 0 Å². The quantitative estimate of drug-likeness (QED) is 0.568. The van der Waals surface area contributed by atoms with Crippen LogP contribution >= 0.6 is 15.9 Å². The van der Waals surface area contributed by atoms with Gasteiger partial charge in [0.05, 0.1) is 0 Å². The van der Waals surface area contributed by atoms with Crippen molar-refractivity contribution in [2.45, 2.75) is 17.3 Å². The van der Waals surface area contributed by atoms with Crippen LogP contribution in [0.25, 0.3) is 0 Å². The summed E-state index contributed by atoms with van der Waals surface area (Å²) in [5.74, 6) is -2.31. The molecular weight excluding hydrogens is 218 g/mol. The number of alkyl halides is 1. The molecule has 6 heteroatoms. The van der Waals surface area contributed by atoms with E-state index in [-0.39, 0.29) is 6.42 Å². The molecule has 0 amide bonds. The van der Waals surface area contributed by atoms with Gasteiger partial charge in [0.2, 0.25) is 0 Å². The summed E-state index contributed by atoms with van der Waals surface area (Å²) in [4.78, 5) is 19.4. The van der Waals surface area contributed by atoms with Gasteiger partial charge < -0.3 is 15.9 Å². The van der Waals surface area contributed by atoms with Gasteiger partial charge in [0.15, 0.2) is 0 Å². The van der Waals surface area contributed by atoms with Gasteiger partial charge in [-0.1, -0.05) is 15.9 Å². The molecule has 0 heterocycles.